The lowest BCUT2D eigenvalue weighted by molar-refractivity contribution is -0.122. The van der Waals surface area contributed by atoms with Crippen LogP contribution in [0.5, 0.6) is 11.5 Å². The van der Waals surface area contributed by atoms with Crippen LogP contribution in [-0.4, -0.2) is 31.1 Å². The minimum atomic E-state index is -0.649. The zero-order valence-electron chi connectivity index (χ0n) is 14.8. The van der Waals surface area contributed by atoms with E-state index in [9.17, 15) is 14.0 Å². The number of nitrogens with one attached hydrogen (secondary N) is 1. The van der Waals surface area contributed by atoms with Crippen molar-refractivity contribution in [3.63, 3.8) is 0 Å². The van der Waals surface area contributed by atoms with Crippen LogP contribution in [0.1, 0.15) is 5.56 Å². The van der Waals surface area contributed by atoms with Crippen molar-refractivity contribution >= 4 is 63.5 Å². The number of ether oxygens (including phenoxy) is 2. The summed E-state index contributed by atoms with van der Waals surface area (Å²) in [5.74, 6) is -0.795. The number of anilines is 1. The first kappa shape index (κ1) is 20.2. The van der Waals surface area contributed by atoms with Gasteiger partial charge in [-0.3, -0.25) is 19.8 Å². The number of hydrogen-bond acceptors (Lipinski definition) is 5. The highest BCUT2D eigenvalue weighted by Crippen LogP contribution is 2.34. The van der Waals surface area contributed by atoms with Crippen LogP contribution in [-0.2, 0) is 9.59 Å². The Morgan fingerprint density at radius 2 is 1.93 bits per heavy atom. The molecule has 0 radical (unpaired) electrons. The maximum absolute atomic E-state index is 13.6. The number of hydrogen-bond donors (Lipinski definition) is 1. The Balaban J connectivity index is 2.06. The quantitative estimate of drug-likeness (QED) is 0.295. The lowest BCUT2D eigenvalue weighted by Gasteiger charge is -2.29. The average molecular weight is 512 g/mol. The van der Waals surface area contributed by atoms with Crippen molar-refractivity contribution in [2.75, 3.05) is 19.1 Å². The summed E-state index contributed by atoms with van der Waals surface area (Å²) in [7, 11) is 3.02. The monoisotopic (exact) mass is 512 g/mol. The zero-order valence-corrected chi connectivity index (χ0v) is 17.8. The second-order valence-corrected chi connectivity index (χ2v) is 7.22. The van der Waals surface area contributed by atoms with Crippen LogP contribution in [0.15, 0.2) is 42.0 Å². The van der Waals surface area contributed by atoms with Gasteiger partial charge in [0.05, 0.1) is 23.5 Å². The number of amides is 2. The Morgan fingerprint density at radius 3 is 2.57 bits per heavy atom. The summed E-state index contributed by atoms with van der Waals surface area (Å²) in [6.45, 7) is 0. The van der Waals surface area contributed by atoms with E-state index in [4.69, 9.17) is 21.7 Å². The molecule has 2 amide bonds. The van der Waals surface area contributed by atoms with Gasteiger partial charge in [-0.15, -0.1) is 0 Å². The highest BCUT2D eigenvalue weighted by Gasteiger charge is 2.34. The summed E-state index contributed by atoms with van der Waals surface area (Å²) in [6.07, 6.45) is 1.43. The fraction of sp³-hybridized carbons (Fsp3) is 0.105. The Morgan fingerprint density at radius 1 is 1.18 bits per heavy atom. The number of thiocarbonyl (C=S) groups is 1. The van der Waals surface area contributed by atoms with Crippen LogP contribution in [0.3, 0.4) is 0 Å². The molecule has 1 fully saturated rings. The SMILES string of the molecule is COc1cc(/C=C2\C(=O)NC(=S)N(c3cccc(F)c3)C2=O)cc(I)c1OC. The van der Waals surface area contributed by atoms with Crippen molar-refractivity contribution in [1.29, 1.82) is 0 Å². The minimum Gasteiger partial charge on any atom is -0.493 e. The van der Waals surface area contributed by atoms with Crippen molar-refractivity contribution in [3.05, 3.63) is 56.9 Å². The van der Waals surface area contributed by atoms with Crippen molar-refractivity contribution in [3.8, 4) is 11.5 Å². The molecule has 0 spiro atoms. The maximum Gasteiger partial charge on any atom is 0.270 e. The highest BCUT2D eigenvalue weighted by molar-refractivity contribution is 14.1. The molecular formula is C19H14FIN2O4S. The van der Waals surface area contributed by atoms with E-state index in [1.165, 1.54) is 44.6 Å². The molecular weight excluding hydrogens is 498 g/mol. The third kappa shape index (κ3) is 3.85. The van der Waals surface area contributed by atoms with Crippen LogP contribution in [0.25, 0.3) is 6.08 Å². The molecule has 0 aliphatic carbocycles. The van der Waals surface area contributed by atoms with E-state index in [1.807, 2.05) is 0 Å². The molecule has 28 heavy (non-hydrogen) atoms. The van der Waals surface area contributed by atoms with Crippen LogP contribution in [0.2, 0.25) is 0 Å². The van der Waals surface area contributed by atoms with Crippen LogP contribution < -0.4 is 19.7 Å². The van der Waals surface area contributed by atoms with E-state index in [0.717, 1.165) is 8.47 Å². The molecule has 6 nitrogen and oxygen atoms in total. The number of carbonyl (C=O) groups is 2. The number of benzene rings is 2. The van der Waals surface area contributed by atoms with E-state index >= 15 is 0 Å². The van der Waals surface area contributed by atoms with Gasteiger partial charge in [-0.05, 0) is 76.8 Å². The number of rotatable bonds is 4. The van der Waals surface area contributed by atoms with E-state index in [2.05, 4.69) is 27.9 Å². The Bertz CT molecular complexity index is 1020. The molecule has 0 saturated carbocycles. The standard InChI is InChI=1S/C19H14FIN2O4S/c1-26-15-8-10(7-14(21)16(15)27-2)6-13-17(24)22-19(28)23(18(13)25)12-5-3-4-11(20)9-12/h3-9H,1-2H3,(H,22,24,28)/b13-6+. The van der Waals surface area contributed by atoms with E-state index in [-0.39, 0.29) is 16.4 Å². The molecule has 1 aliphatic rings. The van der Waals surface area contributed by atoms with E-state index in [1.54, 1.807) is 12.1 Å². The first-order chi connectivity index (χ1) is 13.3. The average Bonchev–Trinajstić information content (AvgIpc) is 2.64. The van der Waals surface area contributed by atoms with E-state index < -0.39 is 17.6 Å². The molecule has 2 aromatic carbocycles. The van der Waals surface area contributed by atoms with Gasteiger partial charge in [-0.2, -0.15) is 0 Å². The normalized spacial score (nSPS) is 15.6. The molecule has 2 aromatic rings. The molecule has 3 rings (SSSR count). The lowest BCUT2D eigenvalue weighted by Crippen LogP contribution is -2.54. The topological polar surface area (TPSA) is 67.9 Å². The largest absolute Gasteiger partial charge is 0.493 e. The van der Waals surface area contributed by atoms with Gasteiger partial charge in [-0.1, -0.05) is 6.07 Å². The highest BCUT2D eigenvalue weighted by atomic mass is 127. The lowest BCUT2D eigenvalue weighted by atomic mass is 10.1. The Kier molecular flexibility index (Phi) is 5.94. The minimum absolute atomic E-state index is 0.111. The third-order valence-electron chi connectivity index (χ3n) is 3.93. The number of halogens is 2. The van der Waals surface area contributed by atoms with Gasteiger partial charge in [0.25, 0.3) is 11.8 Å². The molecule has 1 aliphatic heterocycles. The second kappa shape index (κ2) is 8.23. The van der Waals surface area contributed by atoms with Crippen LogP contribution in [0, 0.1) is 9.39 Å². The molecule has 0 bridgehead atoms. The van der Waals surface area contributed by atoms with Gasteiger partial charge in [0.1, 0.15) is 11.4 Å². The van der Waals surface area contributed by atoms with E-state index in [0.29, 0.717) is 17.1 Å². The smallest absolute Gasteiger partial charge is 0.270 e. The molecule has 9 heteroatoms. The summed E-state index contributed by atoms with van der Waals surface area (Å²) in [4.78, 5) is 26.4. The second-order valence-electron chi connectivity index (χ2n) is 5.68. The van der Waals surface area contributed by atoms with Crippen LogP contribution in [0.4, 0.5) is 10.1 Å². The summed E-state index contributed by atoms with van der Waals surface area (Å²) in [5.41, 5.74) is 0.649. The van der Waals surface area contributed by atoms with Crippen molar-refractivity contribution in [2.24, 2.45) is 0 Å². The third-order valence-corrected chi connectivity index (χ3v) is 5.02. The van der Waals surface area contributed by atoms with Gasteiger partial charge in [0.2, 0.25) is 0 Å². The number of nitrogens with zero attached hydrogens (tertiary/aromatic N) is 1. The number of carbonyl (C=O) groups excluding carboxylic acids is 2. The van der Waals surface area contributed by atoms with Gasteiger partial charge < -0.3 is 9.47 Å². The molecule has 0 aromatic heterocycles. The molecule has 144 valence electrons. The van der Waals surface area contributed by atoms with Gasteiger partial charge in [0, 0.05) is 0 Å². The maximum atomic E-state index is 13.6. The fourth-order valence-electron chi connectivity index (χ4n) is 2.70. The summed E-state index contributed by atoms with van der Waals surface area (Å²) >= 11 is 7.17. The molecule has 1 saturated heterocycles. The van der Waals surface area contributed by atoms with Crippen molar-refractivity contribution in [1.82, 2.24) is 5.32 Å². The molecule has 0 unspecified atom stereocenters. The van der Waals surface area contributed by atoms with Gasteiger partial charge in [-0.25, -0.2) is 4.39 Å². The first-order valence-corrected chi connectivity index (χ1v) is 9.43. The van der Waals surface area contributed by atoms with Crippen molar-refractivity contribution in [2.45, 2.75) is 0 Å². The first-order valence-electron chi connectivity index (χ1n) is 7.94. The fourth-order valence-corrected chi connectivity index (χ4v) is 3.82. The molecule has 0 atom stereocenters. The Labute approximate surface area is 179 Å². The summed E-state index contributed by atoms with van der Waals surface area (Å²) < 4.78 is 24.9. The van der Waals surface area contributed by atoms with Crippen molar-refractivity contribution < 1.29 is 23.5 Å². The summed E-state index contributed by atoms with van der Waals surface area (Å²) in [6, 6.07) is 8.79. The van der Waals surface area contributed by atoms with Gasteiger partial charge >= 0.3 is 0 Å². The Hall–Kier alpha value is -2.53. The van der Waals surface area contributed by atoms with Gasteiger partial charge in [0.15, 0.2) is 16.6 Å². The summed E-state index contributed by atoms with van der Waals surface area (Å²) in [5, 5.41) is 2.35. The predicted octanol–water partition coefficient (Wildman–Crippen LogP) is 3.28. The predicted molar refractivity (Wildman–Crippen MR) is 115 cm³/mol. The van der Waals surface area contributed by atoms with Crippen LogP contribution >= 0.6 is 34.8 Å². The zero-order chi connectivity index (χ0) is 20.4. The number of methoxy groups -OCH3 is 2. The molecule has 1 N–H and O–H groups in total. The molecule has 1 heterocycles.